The molecule has 1 amide bonds. The van der Waals surface area contributed by atoms with Gasteiger partial charge in [0.05, 0.1) is 6.61 Å². The lowest BCUT2D eigenvalue weighted by Gasteiger charge is -2.08. The Morgan fingerprint density at radius 1 is 1.10 bits per heavy atom. The molecule has 4 nitrogen and oxygen atoms in total. The predicted molar refractivity (Wildman–Crippen MR) is 82.2 cm³/mol. The molecule has 2 aromatic carbocycles. The highest BCUT2D eigenvalue weighted by atomic mass is 16.5. The van der Waals surface area contributed by atoms with Crippen LogP contribution >= 0.6 is 0 Å². The van der Waals surface area contributed by atoms with Crippen molar-refractivity contribution in [1.29, 1.82) is 0 Å². The first kappa shape index (κ1) is 12.3. The lowest BCUT2D eigenvalue weighted by molar-refractivity contribution is 0.102. The van der Waals surface area contributed by atoms with Crippen LogP contribution in [-0.4, -0.2) is 19.1 Å². The van der Waals surface area contributed by atoms with Gasteiger partial charge in [-0.2, -0.15) is 0 Å². The topological polar surface area (TPSA) is 50.4 Å². The standard InChI is InChI=1S/C17H16N2O2/c20-17(13-1-3-15-11(9-13)5-7-18-15)19-14-2-4-16-12(10-14)6-8-21-16/h1-4,9-10,18H,5-8H2,(H,19,20). The summed E-state index contributed by atoms with van der Waals surface area (Å²) in [5.41, 5.74) is 5.04. The van der Waals surface area contributed by atoms with E-state index in [2.05, 4.69) is 10.6 Å². The summed E-state index contributed by atoms with van der Waals surface area (Å²) in [6.07, 6.45) is 1.89. The molecule has 2 heterocycles. The molecule has 2 aromatic rings. The lowest BCUT2D eigenvalue weighted by Crippen LogP contribution is -2.12. The van der Waals surface area contributed by atoms with Crippen LogP contribution in [0.25, 0.3) is 0 Å². The van der Waals surface area contributed by atoms with Crippen LogP contribution in [0, 0.1) is 0 Å². The van der Waals surface area contributed by atoms with Gasteiger partial charge in [-0.15, -0.1) is 0 Å². The molecular weight excluding hydrogens is 264 g/mol. The van der Waals surface area contributed by atoms with Crippen LogP contribution in [0.2, 0.25) is 0 Å². The van der Waals surface area contributed by atoms with Gasteiger partial charge < -0.3 is 15.4 Å². The molecule has 2 N–H and O–H groups in total. The number of hydrogen-bond acceptors (Lipinski definition) is 3. The van der Waals surface area contributed by atoms with Gasteiger partial charge >= 0.3 is 0 Å². The number of carbonyl (C=O) groups excluding carboxylic acids is 1. The third-order valence-corrected chi connectivity index (χ3v) is 4.02. The van der Waals surface area contributed by atoms with Gasteiger partial charge in [0, 0.05) is 29.9 Å². The summed E-state index contributed by atoms with van der Waals surface area (Å²) in [5.74, 6) is 0.861. The van der Waals surface area contributed by atoms with E-state index in [-0.39, 0.29) is 5.91 Å². The average molecular weight is 280 g/mol. The minimum Gasteiger partial charge on any atom is -0.493 e. The Morgan fingerprint density at radius 3 is 3.00 bits per heavy atom. The molecular formula is C17H16N2O2. The van der Waals surface area contributed by atoms with Gasteiger partial charge in [-0.25, -0.2) is 0 Å². The zero-order chi connectivity index (χ0) is 14.2. The number of carbonyl (C=O) groups is 1. The fourth-order valence-corrected chi connectivity index (χ4v) is 2.91. The number of rotatable bonds is 2. The van der Waals surface area contributed by atoms with Crippen LogP contribution in [0.3, 0.4) is 0 Å². The number of hydrogen-bond donors (Lipinski definition) is 2. The van der Waals surface area contributed by atoms with E-state index < -0.39 is 0 Å². The fraction of sp³-hybridized carbons (Fsp3) is 0.235. The number of anilines is 2. The molecule has 0 fully saturated rings. The Kier molecular flexibility index (Phi) is 2.81. The Balaban J connectivity index is 1.55. The van der Waals surface area contributed by atoms with Crippen molar-refractivity contribution in [2.75, 3.05) is 23.8 Å². The molecule has 0 unspecified atom stereocenters. The van der Waals surface area contributed by atoms with Crippen molar-refractivity contribution in [3.05, 3.63) is 53.1 Å². The van der Waals surface area contributed by atoms with E-state index in [4.69, 9.17) is 4.74 Å². The minimum atomic E-state index is -0.0661. The van der Waals surface area contributed by atoms with E-state index in [1.807, 2.05) is 36.4 Å². The Bertz CT molecular complexity index is 725. The number of nitrogens with one attached hydrogen (secondary N) is 2. The average Bonchev–Trinajstić information content (AvgIpc) is 3.14. The van der Waals surface area contributed by atoms with Crippen LogP contribution in [0.15, 0.2) is 36.4 Å². The molecule has 21 heavy (non-hydrogen) atoms. The molecule has 4 rings (SSSR count). The molecule has 0 spiro atoms. The Morgan fingerprint density at radius 2 is 2.05 bits per heavy atom. The summed E-state index contributed by atoms with van der Waals surface area (Å²) in [6, 6.07) is 11.6. The Labute approximate surface area is 123 Å². The molecule has 0 saturated carbocycles. The van der Waals surface area contributed by atoms with E-state index >= 15 is 0 Å². The number of ether oxygens (including phenoxy) is 1. The third-order valence-electron chi connectivity index (χ3n) is 4.02. The van der Waals surface area contributed by atoms with Gasteiger partial charge in [-0.3, -0.25) is 4.79 Å². The highest BCUT2D eigenvalue weighted by Gasteiger charge is 2.15. The molecule has 0 radical (unpaired) electrons. The quantitative estimate of drug-likeness (QED) is 0.889. The third kappa shape index (κ3) is 2.23. The first-order chi connectivity index (χ1) is 10.3. The largest absolute Gasteiger partial charge is 0.493 e. The van der Waals surface area contributed by atoms with Crippen molar-refractivity contribution in [1.82, 2.24) is 0 Å². The molecule has 2 aliphatic heterocycles. The number of benzene rings is 2. The first-order valence-electron chi connectivity index (χ1n) is 7.23. The van der Waals surface area contributed by atoms with Crippen molar-refractivity contribution in [2.45, 2.75) is 12.8 Å². The van der Waals surface area contributed by atoms with E-state index in [0.717, 1.165) is 48.7 Å². The van der Waals surface area contributed by atoms with E-state index in [1.165, 1.54) is 5.56 Å². The van der Waals surface area contributed by atoms with Gasteiger partial charge in [0.2, 0.25) is 0 Å². The van der Waals surface area contributed by atoms with Crippen LogP contribution in [-0.2, 0) is 12.8 Å². The van der Waals surface area contributed by atoms with Gasteiger partial charge in [0.15, 0.2) is 0 Å². The van der Waals surface area contributed by atoms with Crippen LogP contribution in [0.1, 0.15) is 21.5 Å². The van der Waals surface area contributed by atoms with Crippen LogP contribution in [0.4, 0.5) is 11.4 Å². The monoisotopic (exact) mass is 280 g/mol. The SMILES string of the molecule is O=C(Nc1ccc2c(c1)CCO2)c1ccc2c(c1)CCN2. The summed E-state index contributed by atoms with van der Waals surface area (Å²) in [4.78, 5) is 12.4. The molecule has 106 valence electrons. The highest BCUT2D eigenvalue weighted by molar-refractivity contribution is 6.04. The molecule has 4 heteroatoms. The van der Waals surface area contributed by atoms with Gasteiger partial charge in [-0.1, -0.05) is 0 Å². The van der Waals surface area contributed by atoms with Crippen LogP contribution in [0.5, 0.6) is 5.75 Å². The maximum absolute atomic E-state index is 12.4. The molecule has 2 aliphatic rings. The maximum atomic E-state index is 12.4. The lowest BCUT2D eigenvalue weighted by atomic mass is 10.1. The van der Waals surface area contributed by atoms with Gasteiger partial charge in [0.25, 0.3) is 5.91 Å². The summed E-state index contributed by atoms with van der Waals surface area (Å²) in [5, 5.41) is 6.26. The number of fused-ring (bicyclic) bond motifs is 2. The van der Waals surface area contributed by atoms with E-state index in [1.54, 1.807) is 0 Å². The number of amides is 1. The van der Waals surface area contributed by atoms with Gasteiger partial charge in [-0.05, 0) is 53.9 Å². The van der Waals surface area contributed by atoms with Crippen LogP contribution < -0.4 is 15.4 Å². The minimum absolute atomic E-state index is 0.0661. The van der Waals surface area contributed by atoms with E-state index in [0.29, 0.717) is 5.56 Å². The van der Waals surface area contributed by atoms with Crippen molar-refractivity contribution in [2.24, 2.45) is 0 Å². The summed E-state index contributed by atoms with van der Waals surface area (Å²) < 4.78 is 5.47. The van der Waals surface area contributed by atoms with E-state index in [9.17, 15) is 4.79 Å². The molecule has 0 aliphatic carbocycles. The maximum Gasteiger partial charge on any atom is 0.255 e. The van der Waals surface area contributed by atoms with Gasteiger partial charge in [0.1, 0.15) is 5.75 Å². The van der Waals surface area contributed by atoms with Crippen molar-refractivity contribution in [3.63, 3.8) is 0 Å². The normalized spacial score (nSPS) is 14.9. The fourth-order valence-electron chi connectivity index (χ4n) is 2.91. The predicted octanol–water partition coefficient (Wildman–Crippen LogP) is 2.84. The second kappa shape index (κ2) is 4.81. The molecule has 0 atom stereocenters. The van der Waals surface area contributed by atoms with Crippen molar-refractivity contribution < 1.29 is 9.53 Å². The Hall–Kier alpha value is -2.49. The first-order valence-corrected chi connectivity index (χ1v) is 7.23. The molecule has 0 saturated heterocycles. The summed E-state index contributed by atoms with van der Waals surface area (Å²) in [6.45, 7) is 1.68. The summed E-state index contributed by atoms with van der Waals surface area (Å²) in [7, 11) is 0. The van der Waals surface area contributed by atoms with Crippen molar-refractivity contribution >= 4 is 17.3 Å². The molecule has 0 aromatic heterocycles. The highest BCUT2D eigenvalue weighted by Crippen LogP contribution is 2.28. The zero-order valence-electron chi connectivity index (χ0n) is 11.6. The molecule has 0 bridgehead atoms. The second-order valence-corrected chi connectivity index (χ2v) is 5.42. The zero-order valence-corrected chi connectivity index (χ0v) is 11.6. The smallest absolute Gasteiger partial charge is 0.255 e. The second-order valence-electron chi connectivity index (χ2n) is 5.42. The van der Waals surface area contributed by atoms with Crippen molar-refractivity contribution in [3.8, 4) is 5.75 Å². The summed E-state index contributed by atoms with van der Waals surface area (Å²) >= 11 is 0.